The number of hydrogen-bond donors (Lipinski definition) is 2. The van der Waals surface area contributed by atoms with Crippen LogP contribution in [-0.2, 0) is 14.8 Å². The van der Waals surface area contributed by atoms with Gasteiger partial charge in [-0.15, -0.1) is 0 Å². The lowest BCUT2D eigenvalue weighted by Gasteiger charge is -2.08. The van der Waals surface area contributed by atoms with Crippen molar-refractivity contribution in [1.82, 2.24) is 10.0 Å². The van der Waals surface area contributed by atoms with Gasteiger partial charge in [0.25, 0.3) is 0 Å². The zero-order chi connectivity index (χ0) is 14.1. The van der Waals surface area contributed by atoms with E-state index in [9.17, 15) is 8.42 Å². The monoisotopic (exact) mass is 283 g/mol. The molecule has 0 amide bonds. The van der Waals surface area contributed by atoms with Crippen LogP contribution in [0.2, 0.25) is 0 Å². The van der Waals surface area contributed by atoms with Crippen molar-refractivity contribution in [3.8, 4) is 6.07 Å². The molecular weight excluding hydrogens is 266 g/mol. The van der Waals surface area contributed by atoms with Gasteiger partial charge in [0.15, 0.2) is 0 Å². The summed E-state index contributed by atoms with van der Waals surface area (Å²) >= 11 is 0. The van der Waals surface area contributed by atoms with Gasteiger partial charge in [0, 0.05) is 26.7 Å². The summed E-state index contributed by atoms with van der Waals surface area (Å²) in [5.41, 5.74) is 0.141. The predicted molar refractivity (Wildman–Crippen MR) is 71.1 cm³/mol. The van der Waals surface area contributed by atoms with Crippen molar-refractivity contribution in [3.05, 3.63) is 29.8 Å². The lowest BCUT2D eigenvalue weighted by molar-refractivity contribution is 0.199. The summed E-state index contributed by atoms with van der Waals surface area (Å²) in [5, 5.41) is 11.9. The van der Waals surface area contributed by atoms with E-state index in [0.29, 0.717) is 19.7 Å². The number of hydrogen-bond acceptors (Lipinski definition) is 5. The first kappa shape index (κ1) is 15.6. The Morgan fingerprint density at radius 1 is 1.26 bits per heavy atom. The molecule has 2 N–H and O–H groups in total. The van der Waals surface area contributed by atoms with E-state index in [2.05, 4.69) is 10.0 Å². The molecule has 7 heteroatoms. The lowest BCUT2D eigenvalue weighted by Crippen LogP contribution is -2.33. The molecule has 0 aliphatic heterocycles. The molecule has 0 heterocycles. The second kappa shape index (κ2) is 7.86. The fraction of sp³-hybridized carbons (Fsp3) is 0.417. The van der Waals surface area contributed by atoms with E-state index in [1.54, 1.807) is 19.2 Å². The van der Waals surface area contributed by atoms with Gasteiger partial charge in [-0.25, -0.2) is 13.1 Å². The number of nitriles is 1. The largest absolute Gasteiger partial charge is 0.383 e. The van der Waals surface area contributed by atoms with Crippen LogP contribution in [0.5, 0.6) is 0 Å². The van der Waals surface area contributed by atoms with Gasteiger partial charge >= 0.3 is 0 Å². The van der Waals surface area contributed by atoms with E-state index in [1.165, 1.54) is 12.1 Å². The van der Waals surface area contributed by atoms with Crippen LogP contribution in [0.4, 0.5) is 0 Å². The fourth-order valence-electron chi connectivity index (χ4n) is 1.44. The Bertz CT molecular complexity index is 537. The van der Waals surface area contributed by atoms with E-state index in [0.717, 1.165) is 0 Å². The van der Waals surface area contributed by atoms with Crippen molar-refractivity contribution in [2.45, 2.75) is 4.90 Å². The number of rotatable bonds is 8. The Morgan fingerprint density at radius 2 is 2.00 bits per heavy atom. The fourth-order valence-corrected chi connectivity index (χ4v) is 2.63. The number of ether oxygens (including phenoxy) is 1. The number of nitrogens with one attached hydrogen (secondary N) is 2. The van der Waals surface area contributed by atoms with Crippen LogP contribution in [0, 0.1) is 11.3 Å². The maximum atomic E-state index is 12.0. The highest BCUT2D eigenvalue weighted by Gasteiger charge is 2.16. The van der Waals surface area contributed by atoms with Gasteiger partial charge in [-0.05, 0) is 12.1 Å². The Morgan fingerprint density at radius 3 is 2.68 bits per heavy atom. The minimum atomic E-state index is -3.64. The molecule has 0 radical (unpaired) electrons. The maximum absolute atomic E-state index is 12.0. The second-order valence-electron chi connectivity index (χ2n) is 3.75. The second-order valence-corrected chi connectivity index (χ2v) is 5.48. The van der Waals surface area contributed by atoms with Crippen LogP contribution in [0.3, 0.4) is 0 Å². The molecule has 0 saturated carbocycles. The van der Waals surface area contributed by atoms with Crippen molar-refractivity contribution in [3.63, 3.8) is 0 Å². The maximum Gasteiger partial charge on any atom is 0.241 e. The number of nitrogens with zero attached hydrogens (tertiary/aromatic N) is 1. The normalized spacial score (nSPS) is 11.2. The Kier molecular flexibility index (Phi) is 6.45. The van der Waals surface area contributed by atoms with Gasteiger partial charge in [-0.2, -0.15) is 5.26 Å². The summed E-state index contributed by atoms with van der Waals surface area (Å²) in [6.07, 6.45) is 0. The third kappa shape index (κ3) is 4.96. The summed E-state index contributed by atoms with van der Waals surface area (Å²) in [7, 11) is -2.04. The van der Waals surface area contributed by atoms with Gasteiger partial charge in [-0.3, -0.25) is 0 Å². The van der Waals surface area contributed by atoms with Gasteiger partial charge < -0.3 is 10.1 Å². The third-order valence-electron chi connectivity index (χ3n) is 2.37. The number of benzene rings is 1. The van der Waals surface area contributed by atoms with Crippen molar-refractivity contribution in [1.29, 1.82) is 5.26 Å². The van der Waals surface area contributed by atoms with E-state index in [1.807, 2.05) is 6.07 Å². The van der Waals surface area contributed by atoms with Gasteiger partial charge in [0.1, 0.15) is 6.07 Å². The molecule has 0 aromatic heterocycles. The Balaban J connectivity index is 2.55. The molecule has 1 aromatic carbocycles. The zero-order valence-electron chi connectivity index (χ0n) is 10.7. The van der Waals surface area contributed by atoms with Crippen molar-refractivity contribution in [2.24, 2.45) is 0 Å². The van der Waals surface area contributed by atoms with Gasteiger partial charge in [-0.1, -0.05) is 12.1 Å². The van der Waals surface area contributed by atoms with Gasteiger partial charge in [0.2, 0.25) is 10.0 Å². The van der Waals surface area contributed by atoms with Crippen molar-refractivity contribution < 1.29 is 13.2 Å². The third-order valence-corrected chi connectivity index (χ3v) is 3.89. The molecule has 0 saturated heterocycles. The minimum Gasteiger partial charge on any atom is -0.383 e. The van der Waals surface area contributed by atoms with E-state index in [4.69, 9.17) is 10.00 Å². The van der Waals surface area contributed by atoms with Crippen LogP contribution in [0.25, 0.3) is 0 Å². The molecule has 1 aromatic rings. The molecule has 104 valence electrons. The summed E-state index contributed by atoms with van der Waals surface area (Å²) in [6, 6.07) is 7.98. The Hall–Kier alpha value is -1.46. The van der Waals surface area contributed by atoms with Crippen LogP contribution in [-0.4, -0.2) is 41.8 Å². The van der Waals surface area contributed by atoms with Crippen LogP contribution >= 0.6 is 0 Å². The van der Waals surface area contributed by atoms with Crippen molar-refractivity contribution in [2.75, 3.05) is 33.4 Å². The van der Waals surface area contributed by atoms with Crippen LogP contribution in [0.1, 0.15) is 5.56 Å². The smallest absolute Gasteiger partial charge is 0.241 e. The molecule has 0 bridgehead atoms. The first-order chi connectivity index (χ1) is 9.11. The zero-order valence-corrected chi connectivity index (χ0v) is 11.5. The molecule has 0 unspecified atom stereocenters. The number of methoxy groups -OCH3 is 1. The summed E-state index contributed by atoms with van der Waals surface area (Å²) in [5.74, 6) is 0. The highest BCUT2D eigenvalue weighted by atomic mass is 32.2. The highest BCUT2D eigenvalue weighted by Crippen LogP contribution is 2.13. The lowest BCUT2D eigenvalue weighted by atomic mass is 10.2. The van der Waals surface area contributed by atoms with E-state index >= 15 is 0 Å². The molecule has 0 spiro atoms. The van der Waals surface area contributed by atoms with Crippen LogP contribution in [0.15, 0.2) is 29.2 Å². The average Bonchev–Trinajstić information content (AvgIpc) is 2.42. The number of sulfonamides is 1. The standard InChI is InChI=1S/C12H17N3O3S/c1-18-9-8-14-6-7-15-19(16,17)12-5-3-2-4-11(12)10-13/h2-5,14-15H,6-9H2,1H3. The minimum absolute atomic E-state index is 0.00870. The van der Waals surface area contributed by atoms with Gasteiger partial charge in [0.05, 0.1) is 17.1 Å². The topological polar surface area (TPSA) is 91.2 Å². The molecule has 0 aliphatic rings. The van der Waals surface area contributed by atoms with E-state index < -0.39 is 10.0 Å². The summed E-state index contributed by atoms with van der Waals surface area (Å²) in [4.78, 5) is 0.00870. The predicted octanol–water partition coefficient (Wildman–Crippen LogP) is 0.0726. The quantitative estimate of drug-likeness (QED) is 0.659. The van der Waals surface area contributed by atoms with Crippen molar-refractivity contribution >= 4 is 10.0 Å². The molecule has 19 heavy (non-hydrogen) atoms. The molecule has 0 fully saturated rings. The highest BCUT2D eigenvalue weighted by molar-refractivity contribution is 7.89. The summed E-state index contributed by atoms with van der Waals surface area (Å²) in [6.45, 7) is 1.99. The molecule has 6 nitrogen and oxygen atoms in total. The average molecular weight is 283 g/mol. The molecule has 1 rings (SSSR count). The first-order valence-electron chi connectivity index (χ1n) is 5.80. The summed E-state index contributed by atoms with van der Waals surface area (Å²) < 4.78 is 31.3. The van der Waals surface area contributed by atoms with E-state index in [-0.39, 0.29) is 17.0 Å². The molecule has 0 atom stereocenters. The Labute approximate surface area is 113 Å². The van der Waals surface area contributed by atoms with Crippen LogP contribution < -0.4 is 10.0 Å². The molecular formula is C12H17N3O3S. The first-order valence-corrected chi connectivity index (χ1v) is 7.28. The molecule has 0 aliphatic carbocycles. The SMILES string of the molecule is COCCNCCNS(=O)(=O)c1ccccc1C#N.